The number of carbonyl (C=O) groups is 2. The molecule has 8 atom stereocenters. The van der Waals surface area contributed by atoms with Crippen LogP contribution in [-0.2, 0) is 19.0 Å². The van der Waals surface area contributed by atoms with Crippen molar-refractivity contribution >= 4 is 22.7 Å². The van der Waals surface area contributed by atoms with E-state index in [-0.39, 0.29) is 41.1 Å². The van der Waals surface area contributed by atoms with E-state index in [1.54, 1.807) is 26.0 Å². The molecule has 1 N–H and O–H groups in total. The largest absolute Gasteiger partial charge is 0.451 e. The monoisotopic (exact) mass is 544 g/mol. The third kappa shape index (κ3) is 3.18. The summed E-state index contributed by atoms with van der Waals surface area (Å²) in [5, 5.41) is 21.9. The van der Waals surface area contributed by atoms with Gasteiger partial charge in [-0.2, -0.15) is 10.2 Å². The Morgan fingerprint density at radius 3 is 2.70 bits per heavy atom. The molecule has 40 heavy (non-hydrogen) atoms. The first-order valence-corrected chi connectivity index (χ1v) is 14.2. The quantitative estimate of drug-likeness (QED) is 0.437. The number of aliphatic hydroxyl groups is 1. The van der Waals surface area contributed by atoms with Gasteiger partial charge in [-0.05, 0) is 67.6 Å². The van der Waals surface area contributed by atoms with Crippen LogP contribution in [0.3, 0.4) is 0 Å². The molecule has 1 spiro atoms. The van der Waals surface area contributed by atoms with Crippen molar-refractivity contribution in [2.45, 2.75) is 71.6 Å². The standard InChI is InChI=1S/C32H36N2O6/c1-16-13-31-17(2)11-22-24(29(22,3)4)20(25(31)35)12-18-15-38-30(5,6)40-27(18)32(31,37)26(16)39-28(36)21-14-33-34-23-10-8-7-9-19(21)23/h7-10,12-14,17,20,22,24,26-27,37H,11,15H2,1-6H3/t17-,20+,22-,24+,26+,27-,31+,32-/m1/s1. The van der Waals surface area contributed by atoms with Crippen molar-refractivity contribution in [2.24, 2.45) is 34.5 Å². The Bertz CT molecular complexity index is 1520. The lowest BCUT2D eigenvalue weighted by Crippen LogP contribution is -2.68. The van der Waals surface area contributed by atoms with Gasteiger partial charge < -0.3 is 19.3 Å². The zero-order valence-corrected chi connectivity index (χ0v) is 23.8. The van der Waals surface area contributed by atoms with Gasteiger partial charge >= 0.3 is 5.97 Å². The fraction of sp³-hybridized carbons (Fsp3) is 0.562. The van der Waals surface area contributed by atoms with Gasteiger partial charge in [-0.15, -0.1) is 0 Å². The summed E-state index contributed by atoms with van der Waals surface area (Å²) in [6.07, 6.45) is 4.07. The average Bonchev–Trinajstić information content (AvgIpc) is 3.40. The minimum Gasteiger partial charge on any atom is -0.451 e. The number of benzene rings is 1. The van der Waals surface area contributed by atoms with E-state index >= 15 is 0 Å². The van der Waals surface area contributed by atoms with Gasteiger partial charge in [0, 0.05) is 11.3 Å². The van der Waals surface area contributed by atoms with Gasteiger partial charge in [-0.3, -0.25) is 4.79 Å². The number of hydrogen-bond acceptors (Lipinski definition) is 8. The molecule has 210 valence electrons. The van der Waals surface area contributed by atoms with Crippen molar-refractivity contribution in [1.29, 1.82) is 0 Å². The van der Waals surface area contributed by atoms with Crippen LogP contribution in [0.4, 0.5) is 0 Å². The van der Waals surface area contributed by atoms with E-state index in [1.807, 2.05) is 31.2 Å². The van der Waals surface area contributed by atoms with E-state index in [1.165, 1.54) is 6.20 Å². The van der Waals surface area contributed by atoms with Crippen molar-refractivity contribution in [3.05, 3.63) is 59.3 Å². The fourth-order valence-electron chi connectivity index (χ4n) is 8.64. The number of fused-ring (bicyclic) bond motifs is 6. The highest BCUT2D eigenvalue weighted by molar-refractivity contribution is 6.03. The Balaban J connectivity index is 1.38. The Labute approximate surface area is 233 Å². The summed E-state index contributed by atoms with van der Waals surface area (Å²) in [5.74, 6) is -1.69. The Kier molecular flexibility index (Phi) is 5.25. The molecule has 2 bridgehead atoms. The van der Waals surface area contributed by atoms with Gasteiger partial charge in [0.2, 0.25) is 0 Å². The molecular formula is C32H36N2O6. The van der Waals surface area contributed by atoms with Gasteiger partial charge in [0.25, 0.3) is 0 Å². The predicted molar refractivity (Wildman–Crippen MR) is 146 cm³/mol. The average molecular weight is 545 g/mol. The van der Waals surface area contributed by atoms with Crippen molar-refractivity contribution in [2.75, 3.05) is 6.61 Å². The van der Waals surface area contributed by atoms with Gasteiger partial charge in [-0.1, -0.05) is 51.1 Å². The number of rotatable bonds is 2. The molecule has 0 unspecified atom stereocenters. The number of esters is 1. The van der Waals surface area contributed by atoms with Crippen molar-refractivity contribution in [1.82, 2.24) is 10.2 Å². The van der Waals surface area contributed by atoms with Crippen molar-refractivity contribution in [3.8, 4) is 0 Å². The van der Waals surface area contributed by atoms with Crippen LogP contribution in [0.1, 0.15) is 58.3 Å². The maximum absolute atomic E-state index is 14.8. The number of ether oxygens (including phenoxy) is 3. The molecule has 3 fully saturated rings. The Morgan fingerprint density at radius 1 is 1.18 bits per heavy atom. The second-order valence-corrected chi connectivity index (χ2v) is 13.6. The molecule has 8 nitrogen and oxygen atoms in total. The highest BCUT2D eigenvalue weighted by Gasteiger charge is 2.77. The lowest BCUT2D eigenvalue weighted by atomic mass is 9.59. The molecule has 1 aromatic carbocycles. The summed E-state index contributed by atoms with van der Waals surface area (Å²) >= 11 is 0. The van der Waals surface area contributed by atoms with Crippen LogP contribution < -0.4 is 0 Å². The minimum absolute atomic E-state index is 0.0159. The fourth-order valence-corrected chi connectivity index (χ4v) is 8.64. The Hall–Kier alpha value is -2.94. The van der Waals surface area contributed by atoms with E-state index in [4.69, 9.17) is 14.2 Å². The molecule has 0 radical (unpaired) electrons. The van der Waals surface area contributed by atoms with Crippen molar-refractivity contribution < 1.29 is 28.9 Å². The lowest BCUT2D eigenvalue weighted by molar-refractivity contribution is -0.302. The van der Waals surface area contributed by atoms with Crippen LogP contribution in [0.25, 0.3) is 10.9 Å². The predicted octanol–water partition coefficient (Wildman–Crippen LogP) is 4.42. The van der Waals surface area contributed by atoms with Crippen molar-refractivity contribution in [3.63, 3.8) is 0 Å². The molecule has 1 aliphatic heterocycles. The number of nitrogens with zero attached hydrogens (tertiary/aromatic N) is 2. The molecule has 2 saturated carbocycles. The zero-order valence-electron chi connectivity index (χ0n) is 23.8. The van der Waals surface area contributed by atoms with Crippen LogP contribution in [0.5, 0.6) is 0 Å². The van der Waals surface area contributed by atoms with Crippen LogP contribution >= 0.6 is 0 Å². The number of hydrogen-bond donors (Lipinski definition) is 1. The van der Waals surface area contributed by atoms with Crippen LogP contribution in [0.2, 0.25) is 0 Å². The molecule has 0 amide bonds. The zero-order chi connectivity index (χ0) is 28.4. The highest BCUT2D eigenvalue weighted by atomic mass is 16.7. The molecule has 2 aromatic rings. The summed E-state index contributed by atoms with van der Waals surface area (Å²) in [6.45, 7) is 12.2. The number of carbonyl (C=O) groups excluding carboxylic acids is 2. The maximum atomic E-state index is 14.8. The summed E-state index contributed by atoms with van der Waals surface area (Å²) in [4.78, 5) is 28.6. The van der Waals surface area contributed by atoms with E-state index < -0.39 is 35.0 Å². The van der Waals surface area contributed by atoms with Gasteiger partial charge in [-0.25, -0.2) is 4.79 Å². The van der Waals surface area contributed by atoms with Crippen LogP contribution in [-0.4, -0.2) is 57.3 Å². The molecule has 1 saturated heterocycles. The van der Waals surface area contributed by atoms with E-state index in [2.05, 4.69) is 31.0 Å². The second kappa shape index (κ2) is 8.08. The molecular weight excluding hydrogens is 508 g/mol. The third-order valence-corrected chi connectivity index (χ3v) is 10.7. The van der Waals surface area contributed by atoms with Gasteiger partial charge in [0.15, 0.2) is 23.3 Å². The lowest BCUT2D eigenvalue weighted by Gasteiger charge is -2.52. The summed E-state index contributed by atoms with van der Waals surface area (Å²) in [7, 11) is 0. The summed E-state index contributed by atoms with van der Waals surface area (Å²) < 4.78 is 18.8. The number of allylic oxidation sites excluding steroid dienone is 1. The van der Waals surface area contributed by atoms with Crippen LogP contribution in [0, 0.1) is 34.5 Å². The van der Waals surface area contributed by atoms with Gasteiger partial charge in [0.1, 0.15) is 6.10 Å². The SMILES string of the molecule is CC1=C[C@]23C(=O)[C@@H](C=C4COC(C)(C)O[C@H]4[C@]2(O)[C@H]1OC(=O)c1cnnc2ccccc12)[C@H]1[C@@H](C[C@H]3C)C1(C)C. The third-order valence-electron chi connectivity index (χ3n) is 10.7. The number of ketones is 1. The molecule has 1 aromatic heterocycles. The highest BCUT2D eigenvalue weighted by Crippen LogP contribution is 2.72. The van der Waals surface area contributed by atoms with E-state index in [0.717, 1.165) is 12.0 Å². The Morgan fingerprint density at radius 2 is 1.93 bits per heavy atom. The molecule has 4 aliphatic carbocycles. The molecule has 8 heteroatoms. The van der Waals surface area contributed by atoms with Crippen LogP contribution in [0.15, 0.2) is 53.8 Å². The first-order valence-electron chi connectivity index (χ1n) is 14.2. The topological polar surface area (TPSA) is 108 Å². The van der Waals surface area contributed by atoms with Gasteiger partial charge in [0.05, 0.1) is 29.3 Å². The first-order chi connectivity index (χ1) is 18.8. The summed E-state index contributed by atoms with van der Waals surface area (Å²) in [6, 6.07) is 7.22. The minimum atomic E-state index is -1.86. The normalized spacial score (nSPS) is 40.5. The first kappa shape index (κ1) is 26.0. The molecule has 2 heterocycles. The molecule has 5 aliphatic rings. The second-order valence-electron chi connectivity index (χ2n) is 13.6. The molecule has 7 rings (SSSR count). The van der Waals surface area contributed by atoms with E-state index in [0.29, 0.717) is 22.4 Å². The summed E-state index contributed by atoms with van der Waals surface area (Å²) in [5.41, 5.74) is -0.922. The van der Waals surface area contributed by atoms with E-state index in [9.17, 15) is 14.7 Å². The smallest absolute Gasteiger partial charge is 0.341 e. The maximum Gasteiger partial charge on any atom is 0.341 e. The number of Topliss-reactive ketones (excluding diaryl/α,β-unsaturated/α-hetero) is 1. The number of aromatic nitrogens is 2.